The molecule has 2 aliphatic heterocycles. The molecule has 0 aromatic heterocycles. The minimum atomic E-state index is -0.0337. The van der Waals surface area contributed by atoms with Crippen LogP contribution in [0.2, 0.25) is 0 Å². The number of hydrogen-bond donors (Lipinski definition) is 2. The first-order chi connectivity index (χ1) is 9.67. The fourth-order valence-electron chi connectivity index (χ4n) is 2.56. The first kappa shape index (κ1) is 13.5. The molecular weight excluding hydrogens is 276 g/mol. The first-order valence-electron chi connectivity index (χ1n) is 6.64. The predicted molar refractivity (Wildman–Crippen MR) is 76.9 cm³/mol. The first-order valence-corrected chi connectivity index (χ1v) is 7.63. The van der Waals surface area contributed by atoms with Crippen molar-refractivity contribution >= 4 is 29.3 Å². The summed E-state index contributed by atoms with van der Waals surface area (Å²) in [5.74, 6) is 0.541. The molecule has 1 saturated heterocycles. The number of thioether (sulfide) groups is 1. The van der Waals surface area contributed by atoms with Crippen LogP contribution in [0.4, 0.5) is 5.69 Å². The number of carbonyl (C=O) groups excluding carboxylic acids is 2. The average molecular weight is 292 g/mol. The van der Waals surface area contributed by atoms with Crippen molar-refractivity contribution in [2.45, 2.75) is 11.3 Å². The number of aliphatic hydroxyl groups is 1. The maximum atomic E-state index is 12.4. The molecule has 6 heteroatoms. The number of fused-ring (bicyclic) bond motifs is 1. The fraction of sp³-hybridized carbons (Fsp3) is 0.429. The van der Waals surface area contributed by atoms with Gasteiger partial charge >= 0.3 is 0 Å². The summed E-state index contributed by atoms with van der Waals surface area (Å²) in [6, 6.07) is 5.43. The summed E-state index contributed by atoms with van der Waals surface area (Å²) in [6.45, 7) is 1.41. The molecule has 5 nitrogen and oxygen atoms in total. The van der Waals surface area contributed by atoms with E-state index in [1.54, 1.807) is 17.0 Å². The molecule has 3 rings (SSSR count). The Bertz CT molecular complexity index is 561. The topological polar surface area (TPSA) is 69.6 Å². The second-order valence-corrected chi connectivity index (χ2v) is 6.15. The van der Waals surface area contributed by atoms with Crippen LogP contribution in [0.25, 0.3) is 0 Å². The molecule has 1 unspecified atom stereocenters. The van der Waals surface area contributed by atoms with Crippen molar-refractivity contribution in [3.8, 4) is 0 Å². The van der Waals surface area contributed by atoms with Gasteiger partial charge in [0.05, 0.1) is 11.4 Å². The van der Waals surface area contributed by atoms with Crippen LogP contribution in [0.1, 0.15) is 16.8 Å². The molecule has 2 aliphatic rings. The Kier molecular flexibility index (Phi) is 3.67. The van der Waals surface area contributed by atoms with Crippen LogP contribution in [0.5, 0.6) is 0 Å². The highest BCUT2D eigenvalue weighted by Gasteiger charge is 2.27. The van der Waals surface area contributed by atoms with E-state index in [0.29, 0.717) is 24.4 Å². The second kappa shape index (κ2) is 5.46. The standard InChI is InChI=1S/C14H16N2O3S/c17-7-9-3-4-16(6-9)14(19)10-1-2-12-11(5-10)15-13(18)8-20-12/h1-2,5,9,17H,3-4,6-8H2,(H,15,18). The Balaban J connectivity index is 1.79. The van der Waals surface area contributed by atoms with Gasteiger partial charge in [0.25, 0.3) is 5.91 Å². The molecule has 1 fully saturated rings. The lowest BCUT2D eigenvalue weighted by atomic mass is 10.1. The lowest BCUT2D eigenvalue weighted by Gasteiger charge is -2.20. The van der Waals surface area contributed by atoms with Gasteiger partial charge in [-0.15, -0.1) is 11.8 Å². The summed E-state index contributed by atoms with van der Waals surface area (Å²) in [5.41, 5.74) is 1.31. The minimum Gasteiger partial charge on any atom is -0.396 e. The van der Waals surface area contributed by atoms with Crippen LogP contribution in [0.3, 0.4) is 0 Å². The smallest absolute Gasteiger partial charge is 0.253 e. The van der Waals surface area contributed by atoms with Crippen LogP contribution in [-0.4, -0.2) is 47.3 Å². The normalized spacial score (nSPS) is 21.6. The van der Waals surface area contributed by atoms with Crippen molar-refractivity contribution in [3.63, 3.8) is 0 Å². The van der Waals surface area contributed by atoms with Crippen LogP contribution in [0.15, 0.2) is 23.1 Å². The number of hydrogen-bond acceptors (Lipinski definition) is 4. The molecule has 1 aromatic carbocycles. The predicted octanol–water partition coefficient (Wildman–Crippen LogP) is 1.19. The Morgan fingerprint density at radius 3 is 3.10 bits per heavy atom. The molecule has 2 heterocycles. The van der Waals surface area contributed by atoms with Gasteiger partial charge in [-0.3, -0.25) is 9.59 Å². The van der Waals surface area contributed by atoms with Crippen LogP contribution in [0, 0.1) is 5.92 Å². The molecule has 0 spiro atoms. The lowest BCUT2D eigenvalue weighted by molar-refractivity contribution is -0.113. The van der Waals surface area contributed by atoms with Crippen molar-refractivity contribution in [3.05, 3.63) is 23.8 Å². The zero-order chi connectivity index (χ0) is 14.1. The minimum absolute atomic E-state index is 0.0337. The third-order valence-corrected chi connectivity index (χ3v) is 4.76. The van der Waals surface area contributed by atoms with E-state index in [-0.39, 0.29) is 24.3 Å². The van der Waals surface area contributed by atoms with Gasteiger partial charge in [0.1, 0.15) is 0 Å². The lowest BCUT2D eigenvalue weighted by Crippen LogP contribution is -2.29. The van der Waals surface area contributed by atoms with Crippen molar-refractivity contribution < 1.29 is 14.7 Å². The van der Waals surface area contributed by atoms with Crippen molar-refractivity contribution in [2.24, 2.45) is 5.92 Å². The van der Waals surface area contributed by atoms with Gasteiger partial charge in [-0.1, -0.05) is 0 Å². The second-order valence-electron chi connectivity index (χ2n) is 5.14. The van der Waals surface area contributed by atoms with Crippen molar-refractivity contribution in [1.29, 1.82) is 0 Å². The van der Waals surface area contributed by atoms with Crippen LogP contribution < -0.4 is 5.32 Å². The number of likely N-dealkylation sites (tertiary alicyclic amines) is 1. The maximum absolute atomic E-state index is 12.4. The SMILES string of the molecule is O=C1CSc2ccc(C(=O)N3CCC(CO)C3)cc2N1. The molecule has 0 bridgehead atoms. The van der Waals surface area contributed by atoms with E-state index >= 15 is 0 Å². The zero-order valence-electron chi connectivity index (χ0n) is 11.0. The Morgan fingerprint density at radius 1 is 1.50 bits per heavy atom. The van der Waals surface area contributed by atoms with E-state index in [1.165, 1.54) is 11.8 Å². The van der Waals surface area contributed by atoms with Gasteiger partial charge in [-0.05, 0) is 24.6 Å². The van der Waals surface area contributed by atoms with E-state index in [9.17, 15) is 9.59 Å². The summed E-state index contributed by atoms with van der Waals surface area (Å²) in [7, 11) is 0. The number of rotatable bonds is 2. The highest BCUT2D eigenvalue weighted by molar-refractivity contribution is 8.00. The number of amides is 2. The highest BCUT2D eigenvalue weighted by Crippen LogP contribution is 2.32. The summed E-state index contributed by atoms with van der Waals surface area (Å²) < 4.78 is 0. The molecule has 1 aromatic rings. The van der Waals surface area contributed by atoms with Crippen molar-refractivity contribution in [1.82, 2.24) is 4.90 Å². The molecule has 2 amide bonds. The van der Waals surface area contributed by atoms with Crippen LogP contribution in [-0.2, 0) is 4.79 Å². The van der Waals surface area contributed by atoms with E-state index in [1.807, 2.05) is 6.07 Å². The molecule has 0 radical (unpaired) electrons. The number of carbonyl (C=O) groups is 2. The molecule has 2 N–H and O–H groups in total. The van der Waals surface area contributed by atoms with Gasteiger partial charge < -0.3 is 15.3 Å². The largest absolute Gasteiger partial charge is 0.396 e. The van der Waals surface area contributed by atoms with E-state index in [4.69, 9.17) is 5.11 Å². The van der Waals surface area contributed by atoms with Crippen molar-refractivity contribution in [2.75, 3.05) is 30.8 Å². The quantitative estimate of drug-likeness (QED) is 0.859. The maximum Gasteiger partial charge on any atom is 0.253 e. The third kappa shape index (κ3) is 2.53. The van der Waals surface area contributed by atoms with E-state index in [2.05, 4.69) is 5.32 Å². The molecule has 106 valence electrons. The van der Waals surface area contributed by atoms with Gasteiger partial charge in [0.15, 0.2) is 0 Å². The van der Waals surface area contributed by atoms with E-state index in [0.717, 1.165) is 17.0 Å². The van der Waals surface area contributed by atoms with E-state index < -0.39 is 0 Å². The molecule has 0 aliphatic carbocycles. The van der Waals surface area contributed by atoms with Gasteiger partial charge in [-0.25, -0.2) is 0 Å². The zero-order valence-corrected chi connectivity index (χ0v) is 11.8. The number of nitrogens with one attached hydrogen (secondary N) is 1. The van der Waals surface area contributed by atoms with Gasteiger partial charge in [0.2, 0.25) is 5.91 Å². The Morgan fingerprint density at radius 2 is 2.35 bits per heavy atom. The Labute approximate surface area is 121 Å². The molecule has 1 atom stereocenters. The summed E-state index contributed by atoms with van der Waals surface area (Å²) in [6.07, 6.45) is 0.847. The highest BCUT2D eigenvalue weighted by atomic mass is 32.2. The van der Waals surface area contributed by atoms with Crippen LogP contribution >= 0.6 is 11.8 Å². The monoisotopic (exact) mass is 292 g/mol. The Hall–Kier alpha value is -1.53. The molecular formula is C14H16N2O3S. The third-order valence-electron chi connectivity index (χ3n) is 3.69. The molecule has 0 saturated carbocycles. The number of nitrogens with zero attached hydrogens (tertiary/aromatic N) is 1. The summed E-state index contributed by atoms with van der Waals surface area (Å²) in [4.78, 5) is 26.6. The average Bonchev–Trinajstić information content (AvgIpc) is 2.94. The van der Waals surface area contributed by atoms with Gasteiger partial charge in [-0.2, -0.15) is 0 Å². The number of aliphatic hydroxyl groups excluding tert-OH is 1. The fourth-order valence-corrected chi connectivity index (χ4v) is 3.35. The molecule has 20 heavy (non-hydrogen) atoms. The number of anilines is 1. The summed E-state index contributed by atoms with van der Waals surface area (Å²) >= 11 is 1.48. The number of benzene rings is 1. The summed E-state index contributed by atoms with van der Waals surface area (Å²) in [5, 5.41) is 11.9. The van der Waals surface area contributed by atoms with Gasteiger partial charge in [0, 0.05) is 36.1 Å².